The number of rotatable bonds is 3. The van der Waals surface area contributed by atoms with Crippen LogP contribution in [0.1, 0.15) is 41.6 Å². The lowest BCUT2D eigenvalue weighted by Gasteiger charge is -2.04. The van der Waals surface area contributed by atoms with Gasteiger partial charge in [0.2, 0.25) is 0 Å². The lowest BCUT2D eigenvalue weighted by atomic mass is 9.98. The van der Waals surface area contributed by atoms with Crippen molar-refractivity contribution in [3.63, 3.8) is 0 Å². The Morgan fingerprint density at radius 1 is 1.50 bits per heavy atom. The first-order valence-corrected chi connectivity index (χ1v) is 5.72. The zero-order valence-electron chi connectivity index (χ0n) is 9.18. The van der Waals surface area contributed by atoms with Crippen LogP contribution in [0.3, 0.4) is 0 Å². The van der Waals surface area contributed by atoms with Crippen molar-refractivity contribution in [1.82, 2.24) is 0 Å². The number of thiophene rings is 1. The van der Waals surface area contributed by atoms with Crippen molar-refractivity contribution in [3.8, 4) is 0 Å². The second kappa shape index (κ2) is 4.13. The highest BCUT2D eigenvalue weighted by molar-refractivity contribution is 7.16. The summed E-state index contributed by atoms with van der Waals surface area (Å²) in [5.74, 6) is 0.186. The Labute approximate surface area is 89.1 Å². The van der Waals surface area contributed by atoms with Crippen LogP contribution in [0.15, 0.2) is 0 Å². The van der Waals surface area contributed by atoms with Gasteiger partial charge < -0.3 is 5.73 Å². The number of carbonyl (C=O) groups is 1. The molecule has 1 aromatic heterocycles. The summed E-state index contributed by atoms with van der Waals surface area (Å²) in [6, 6.07) is 0. The Kier molecular flexibility index (Phi) is 3.32. The number of hydrogen-bond donors (Lipinski definition) is 1. The van der Waals surface area contributed by atoms with Crippen LogP contribution in [0.5, 0.6) is 0 Å². The third-order valence-corrected chi connectivity index (χ3v) is 3.63. The Morgan fingerprint density at radius 3 is 2.43 bits per heavy atom. The second-order valence-electron chi connectivity index (χ2n) is 3.76. The molecule has 3 heteroatoms. The van der Waals surface area contributed by atoms with Crippen LogP contribution in [0.2, 0.25) is 0 Å². The van der Waals surface area contributed by atoms with Crippen molar-refractivity contribution in [2.75, 3.05) is 5.73 Å². The molecule has 14 heavy (non-hydrogen) atoms. The van der Waals surface area contributed by atoms with Gasteiger partial charge in [0, 0.05) is 10.8 Å². The van der Waals surface area contributed by atoms with E-state index in [9.17, 15) is 4.79 Å². The molecule has 0 fully saturated rings. The van der Waals surface area contributed by atoms with E-state index in [1.165, 1.54) is 4.88 Å². The molecule has 0 radical (unpaired) electrons. The van der Waals surface area contributed by atoms with Crippen LogP contribution in [-0.4, -0.2) is 5.78 Å². The van der Waals surface area contributed by atoms with Crippen molar-refractivity contribution in [2.24, 2.45) is 5.92 Å². The van der Waals surface area contributed by atoms with Gasteiger partial charge in [0.1, 0.15) is 0 Å². The fourth-order valence-corrected chi connectivity index (χ4v) is 2.54. The summed E-state index contributed by atoms with van der Waals surface area (Å²) in [6.45, 7) is 7.89. The van der Waals surface area contributed by atoms with Crippen LogP contribution in [0.25, 0.3) is 0 Å². The minimum Gasteiger partial charge on any atom is -0.390 e. The van der Waals surface area contributed by atoms with E-state index in [2.05, 4.69) is 6.92 Å². The number of anilines is 1. The highest BCUT2D eigenvalue weighted by Crippen LogP contribution is 2.32. The molecule has 78 valence electrons. The lowest BCUT2D eigenvalue weighted by Crippen LogP contribution is -2.09. The molecule has 0 saturated carbocycles. The minimum atomic E-state index is 0.0234. The number of ketones is 1. The van der Waals surface area contributed by atoms with E-state index in [-0.39, 0.29) is 11.7 Å². The quantitative estimate of drug-likeness (QED) is 0.781. The molecular weight excluding hydrogens is 194 g/mol. The van der Waals surface area contributed by atoms with Gasteiger partial charge in [0.25, 0.3) is 0 Å². The van der Waals surface area contributed by atoms with E-state index in [0.717, 1.165) is 17.5 Å². The molecule has 0 unspecified atom stereocenters. The predicted octanol–water partition coefficient (Wildman–Crippen LogP) is 3.04. The summed E-state index contributed by atoms with van der Waals surface area (Å²) in [4.78, 5) is 13.1. The highest BCUT2D eigenvalue weighted by Gasteiger charge is 2.20. The van der Waals surface area contributed by atoms with Gasteiger partial charge in [-0.05, 0) is 18.9 Å². The van der Waals surface area contributed by atoms with E-state index in [1.807, 2.05) is 20.8 Å². The monoisotopic (exact) mass is 211 g/mol. The van der Waals surface area contributed by atoms with Gasteiger partial charge in [-0.25, -0.2) is 0 Å². The molecule has 0 aliphatic rings. The highest BCUT2D eigenvalue weighted by atomic mass is 32.1. The van der Waals surface area contributed by atoms with Crippen LogP contribution in [0, 0.1) is 12.8 Å². The van der Waals surface area contributed by atoms with Gasteiger partial charge in [0.05, 0.1) is 10.6 Å². The largest absolute Gasteiger partial charge is 0.390 e. The maximum Gasteiger partial charge on any atom is 0.168 e. The van der Waals surface area contributed by atoms with E-state index in [4.69, 9.17) is 5.73 Å². The molecule has 2 nitrogen and oxygen atoms in total. The maximum atomic E-state index is 11.8. The molecule has 1 aromatic rings. The molecule has 0 aliphatic carbocycles. The van der Waals surface area contributed by atoms with Gasteiger partial charge in [0.15, 0.2) is 5.78 Å². The van der Waals surface area contributed by atoms with E-state index >= 15 is 0 Å². The first-order valence-electron chi connectivity index (χ1n) is 4.91. The number of nitrogen functional groups attached to an aromatic ring is 1. The van der Waals surface area contributed by atoms with Crippen molar-refractivity contribution < 1.29 is 4.79 Å². The first kappa shape index (κ1) is 11.2. The van der Waals surface area contributed by atoms with Gasteiger partial charge in [-0.3, -0.25) is 4.79 Å². The molecule has 0 atom stereocenters. The second-order valence-corrected chi connectivity index (χ2v) is 4.90. The minimum absolute atomic E-state index is 0.0234. The number of hydrogen-bond acceptors (Lipinski definition) is 3. The summed E-state index contributed by atoms with van der Waals surface area (Å²) in [5, 5.41) is 0.679. The van der Waals surface area contributed by atoms with Gasteiger partial charge in [-0.1, -0.05) is 20.8 Å². The number of Topliss-reactive ketones (excluding diaryl/α,β-unsaturated/α-hetero) is 1. The smallest absolute Gasteiger partial charge is 0.168 e. The topological polar surface area (TPSA) is 43.1 Å². The molecule has 1 rings (SSSR count). The number of carbonyl (C=O) groups excluding carboxylic acids is 1. The molecule has 0 amide bonds. The standard InChI is InChI=1S/C11H17NOS/c1-5-8-7(4)9(11(12)14-8)10(13)6(2)3/h6H,5,12H2,1-4H3. The zero-order valence-corrected chi connectivity index (χ0v) is 9.99. The predicted molar refractivity (Wildman–Crippen MR) is 62.0 cm³/mol. The molecule has 0 aliphatic heterocycles. The Balaban J connectivity index is 3.21. The summed E-state index contributed by atoms with van der Waals surface area (Å²) in [5.41, 5.74) is 7.68. The third-order valence-electron chi connectivity index (χ3n) is 2.36. The summed E-state index contributed by atoms with van der Waals surface area (Å²) in [6.07, 6.45) is 0.950. The molecule has 0 spiro atoms. The molecule has 2 N–H and O–H groups in total. The number of aryl methyl sites for hydroxylation is 1. The van der Waals surface area contributed by atoms with Crippen molar-refractivity contribution >= 4 is 22.1 Å². The molecule has 0 saturated heterocycles. The zero-order chi connectivity index (χ0) is 10.9. The Hall–Kier alpha value is -0.830. The van der Waals surface area contributed by atoms with Gasteiger partial charge in [-0.15, -0.1) is 11.3 Å². The number of nitrogens with two attached hydrogens (primary N) is 1. The first-order chi connectivity index (χ1) is 6.49. The molecule has 0 bridgehead atoms. The molecular formula is C11H17NOS. The fraction of sp³-hybridized carbons (Fsp3) is 0.545. The van der Waals surface area contributed by atoms with Crippen LogP contribution in [0.4, 0.5) is 5.00 Å². The van der Waals surface area contributed by atoms with Crippen LogP contribution in [-0.2, 0) is 6.42 Å². The molecule has 1 heterocycles. The summed E-state index contributed by atoms with van der Waals surface area (Å²) >= 11 is 1.54. The summed E-state index contributed by atoms with van der Waals surface area (Å²) < 4.78 is 0. The van der Waals surface area contributed by atoms with Gasteiger partial charge in [-0.2, -0.15) is 0 Å². The van der Waals surface area contributed by atoms with Crippen LogP contribution >= 0.6 is 11.3 Å². The van der Waals surface area contributed by atoms with Crippen molar-refractivity contribution in [1.29, 1.82) is 0 Å². The van der Waals surface area contributed by atoms with Crippen LogP contribution < -0.4 is 5.73 Å². The Morgan fingerprint density at radius 2 is 2.07 bits per heavy atom. The van der Waals surface area contributed by atoms with E-state index in [0.29, 0.717) is 5.00 Å². The van der Waals surface area contributed by atoms with Gasteiger partial charge >= 0.3 is 0 Å². The SMILES string of the molecule is CCc1sc(N)c(C(=O)C(C)C)c1C. The lowest BCUT2D eigenvalue weighted by molar-refractivity contribution is 0.0940. The summed E-state index contributed by atoms with van der Waals surface area (Å²) in [7, 11) is 0. The Bertz CT molecular complexity index is 352. The van der Waals surface area contributed by atoms with Crippen molar-refractivity contribution in [3.05, 3.63) is 16.0 Å². The average Bonchev–Trinajstić information content (AvgIpc) is 2.40. The van der Waals surface area contributed by atoms with E-state index in [1.54, 1.807) is 11.3 Å². The van der Waals surface area contributed by atoms with Crippen molar-refractivity contribution in [2.45, 2.75) is 34.1 Å². The van der Waals surface area contributed by atoms with E-state index < -0.39 is 0 Å². The fourth-order valence-electron chi connectivity index (χ4n) is 1.52. The molecule has 0 aromatic carbocycles. The average molecular weight is 211 g/mol. The third kappa shape index (κ3) is 1.82. The normalized spacial score (nSPS) is 10.9. The maximum absolute atomic E-state index is 11.8.